The molecule has 2 rings (SSSR count). The van der Waals surface area contributed by atoms with E-state index in [-0.39, 0.29) is 5.82 Å². The molecular weight excluding hydrogens is 205 g/mol. The van der Waals surface area contributed by atoms with Gasteiger partial charge in [0, 0.05) is 12.0 Å². The fourth-order valence-electron chi connectivity index (χ4n) is 1.40. The van der Waals surface area contributed by atoms with E-state index in [0.717, 1.165) is 16.8 Å². The molecule has 1 heterocycles. The van der Waals surface area contributed by atoms with Crippen LogP contribution in [0.15, 0.2) is 41.5 Å². The van der Waals surface area contributed by atoms with Crippen molar-refractivity contribution in [3.63, 3.8) is 0 Å². The molecule has 0 saturated carbocycles. The van der Waals surface area contributed by atoms with Gasteiger partial charge in [0.15, 0.2) is 0 Å². The van der Waals surface area contributed by atoms with Crippen molar-refractivity contribution in [1.82, 2.24) is 4.98 Å². The zero-order valence-corrected chi connectivity index (χ0v) is 9.03. The van der Waals surface area contributed by atoms with Gasteiger partial charge in [0.25, 0.3) is 0 Å². The van der Waals surface area contributed by atoms with E-state index in [1.807, 2.05) is 6.92 Å². The molecule has 0 atom stereocenters. The van der Waals surface area contributed by atoms with Crippen LogP contribution in [0.2, 0.25) is 0 Å². The number of benzene rings is 1. The lowest BCUT2D eigenvalue weighted by molar-refractivity contribution is 0.541. The molecule has 0 radical (unpaired) electrons. The van der Waals surface area contributed by atoms with Crippen LogP contribution in [0, 0.1) is 5.82 Å². The number of nitrogens with zero attached hydrogens (tertiary/aromatic N) is 1. The summed E-state index contributed by atoms with van der Waals surface area (Å²) in [4.78, 5) is 4.27. The molecule has 0 unspecified atom stereocenters. The minimum atomic E-state index is -0.230. The summed E-state index contributed by atoms with van der Waals surface area (Å²) in [7, 11) is 0. The van der Waals surface area contributed by atoms with Gasteiger partial charge in [-0.05, 0) is 24.6 Å². The van der Waals surface area contributed by atoms with Crippen LogP contribution in [0.25, 0.3) is 5.57 Å². The van der Waals surface area contributed by atoms with Gasteiger partial charge in [-0.3, -0.25) is 0 Å². The highest BCUT2D eigenvalue weighted by atomic mass is 19.1. The second-order valence-electron chi connectivity index (χ2n) is 3.73. The first-order valence-corrected chi connectivity index (χ1v) is 5.00. The van der Waals surface area contributed by atoms with Crippen LogP contribution in [-0.2, 0) is 6.42 Å². The SMILES string of the molecule is C=C(C)c1nc(Cc2ccc(F)cc2)co1. The first-order chi connectivity index (χ1) is 7.65. The highest BCUT2D eigenvalue weighted by molar-refractivity contribution is 5.52. The van der Waals surface area contributed by atoms with Crippen LogP contribution in [0.1, 0.15) is 24.1 Å². The summed E-state index contributed by atoms with van der Waals surface area (Å²) in [5, 5.41) is 0. The number of halogens is 1. The molecule has 1 aromatic heterocycles. The Kier molecular flexibility index (Phi) is 2.86. The smallest absolute Gasteiger partial charge is 0.221 e. The highest BCUT2D eigenvalue weighted by Gasteiger charge is 2.05. The molecule has 0 aliphatic rings. The first kappa shape index (κ1) is 10.6. The van der Waals surface area contributed by atoms with Crippen molar-refractivity contribution in [2.75, 3.05) is 0 Å². The number of aromatic nitrogens is 1. The Morgan fingerprint density at radius 3 is 2.62 bits per heavy atom. The average molecular weight is 217 g/mol. The van der Waals surface area contributed by atoms with E-state index in [1.165, 1.54) is 12.1 Å². The average Bonchev–Trinajstić information content (AvgIpc) is 2.70. The first-order valence-electron chi connectivity index (χ1n) is 5.00. The van der Waals surface area contributed by atoms with Crippen LogP contribution in [0.4, 0.5) is 4.39 Å². The van der Waals surface area contributed by atoms with Crippen LogP contribution >= 0.6 is 0 Å². The molecule has 0 spiro atoms. The predicted octanol–water partition coefficient (Wildman–Crippen LogP) is 3.44. The summed E-state index contributed by atoms with van der Waals surface area (Å²) >= 11 is 0. The fourth-order valence-corrected chi connectivity index (χ4v) is 1.40. The van der Waals surface area contributed by atoms with E-state index < -0.39 is 0 Å². The molecule has 3 heteroatoms. The second-order valence-corrected chi connectivity index (χ2v) is 3.73. The second kappa shape index (κ2) is 4.31. The van der Waals surface area contributed by atoms with E-state index >= 15 is 0 Å². The molecule has 82 valence electrons. The number of oxazole rings is 1. The molecule has 16 heavy (non-hydrogen) atoms. The van der Waals surface area contributed by atoms with Gasteiger partial charge in [0.05, 0.1) is 5.69 Å². The zero-order valence-electron chi connectivity index (χ0n) is 9.03. The molecule has 2 nitrogen and oxygen atoms in total. The van der Waals surface area contributed by atoms with E-state index in [0.29, 0.717) is 12.3 Å². The zero-order chi connectivity index (χ0) is 11.5. The van der Waals surface area contributed by atoms with E-state index in [2.05, 4.69) is 11.6 Å². The van der Waals surface area contributed by atoms with Crippen LogP contribution in [0.3, 0.4) is 0 Å². The molecule has 0 aliphatic carbocycles. The van der Waals surface area contributed by atoms with Gasteiger partial charge in [-0.15, -0.1) is 0 Å². The minimum Gasteiger partial charge on any atom is -0.445 e. The molecular formula is C13H12FNO. The van der Waals surface area contributed by atoms with Gasteiger partial charge < -0.3 is 4.42 Å². The Morgan fingerprint density at radius 2 is 2.06 bits per heavy atom. The van der Waals surface area contributed by atoms with Crippen molar-refractivity contribution in [2.24, 2.45) is 0 Å². The maximum atomic E-state index is 12.7. The normalized spacial score (nSPS) is 10.4. The standard InChI is InChI=1S/C13H12FNO/c1-9(2)13-15-12(8-16-13)7-10-3-5-11(14)6-4-10/h3-6,8H,1,7H2,2H3. The summed E-state index contributed by atoms with van der Waals surface area (Å²) in [6.45, 7) is 5.59. The maximum Gasteiger partial charge on any atom is 0.221 e. The third-order valence-corrected chi connectivity index (χ3v) is 2.22. The Hall–Kier alpha value is -1.90. The third-order valence-electron chi connectivity index (χ3n) is 2.22. The quantitative estimate of drug-likeness (QED) is 0.787. The fraction of sp³-hybridized carbons (Fsp3) is 0.154. The Bertz CT molecular complexity index is 499. The van der Waals surface area contributed by atoms with Crippen LogP contribution in [-0.4, -0.2) is 4.98 Å². The number of rotatable bonds is 3. The Balaban J connectivity index is 2.14. The summed E-state index contributed by atoms with van der Waals surface area (Å²) in [5.74, 6) is 0.323. The topological polar surface area (TPSA) is 26.0 Å². The van der Waals surface area contributed by atoms with Gasteiger partial charge in [0.1, 0.15) is 12.1 Å². The molecule has 0 bridgehead atoms. The molecule has 0 amide bonds. The summed E-state index contributed by atoms with van der Waals surface area (Å²) in [5.41, 5.74) is 2.62. The van der Waals surface area contributed by atoms with Gasteiger partial charge in [-0.2, -0.15) is 0 Å². The minimum absolute atomic E-state index is 0.230. The maximum absolute atomic E-state index is 12.7. The van der Waals surface area contributed by atoms with Crippen molar-refractivity contribution < 1.29 is 8.81 Å². The third kappa shape index (κ3) is 2.37. The Morgan fingerprint density at radius 1 is 1.38 bits per heavy atom. The van der Waals surface area contributed by atoms with Crippen molar-refractivity contribution in [3.05, 3.63) is 60.1 Å². The monoisotopic (exact) mass is 217 g/mol. The van der Waals surface area contributed by atoms with Gasteiger partial charge >= 0.3 is 0 Å². The van der Waals surface area contributed by atoms with Crippen LogP contribution in [0.5, 0.6) is 0 Å². The van der Waals surface area contributed by atoms with Gasteiger partial charge in [-0.25, -0.2) is 9.37 Å². The van der Waals surface area contributed by atoms with Crippen molar-refractivity contribution in [3.8, 4) is 0 Å². The van der Waals surface area contributed by atoms with Crippen LogP contribution < -0.4 is 0 Å². The summed E-state index contributed by atoms with van der Waals surface area (Å²) in [6, 6.07) is 6.36. The van der Waals surface area contributed by atoms with Crippen molar-refractivity contribution >= 4 is 5.57 Å². The molecule has 0 fully saturated rings. The summed E-state index contributed by atoms with van der Waals surface area (Å²) < 4.78 is 17.9. The lowest BCUT2D eigenvalue weighted by Crippen LogP contribution is -1.89. The van der Waals surface area contributed by atoms with Gasteiger partial charge in [0.2, 0.25) is 5.89 Å². The number of hydrogen-bond acceptors (Lipinski definition) is 2. The molecule has 0 N–H and O–H groups in total. The Labute approximate surface area is 93.4 Å². The summed E-state index contributed by atoms with van der Waals surface area (Å²) in [6.07, 6.45) is 2.24. The molecule has 1 aromatic carbocycles. The molecule has 0 aliphatic heterocycles. The largest absolute Gasteiger partial charge is 0.445 e. The number of allylic oxidation sites excluding steroid dienone is 1. The van der Waals surface area contributed by atoms with Crippen molar-refractivity contribution in [1.29, 1.82) is 0 Å². The van der Waals surface area contributed by atoms with E-state index in [1.54, 1.807) is 18.4 Å². The lowest BCUT2D eigenvalue weighted by atomic mass is 10.1. The molecule has 2 aromatic rings. The predicted molar refractivity (Wildman–Crippen MR) is 60.4 cm³/mol. The highest BCUT2D eigenvalue weighted by Crippen LogP contribution is 2.14. The lowest BCUT2D eigenvalue weighted by Gasteiger charge is -1.96. The van der Waals surface area contributed by atoms with E-state index in [9.17, 15) is 4.39 Å². The molecule has 0 saturated heterocycles. The number of hydrogen-bond donors (Lipinski definition) is 0. The van der Waals surface area contributed by atoms with Gasteiger partial charge in [-0.1, -0.05) is 18.7 Å². The van der Waals surface area contributed by atoms with E-state index in [4.69, 9.17) is 4.42 Å². The van der Waals surface area contributed by atoms with Crippen molar-refractivity contribution in [2.45, 2.75) is 13.3 Å².